The third-order valence-corrected chi connectivity index (χ3v) is 11.6. The highest BCUT2D eigenvalue weighted by atomic mass is 14.2. The Kier molecular flexibility index (Phi) is 7.60. The van der Waals surface area contributed by atoms with Gasteiger partial charge in [0.2, 0.25) is 0 Å². The summed E-state index contributed by atoms with van der Waals surface area (Å²) in [5.74, 6) is 0. The maximum absolute atomic E-state index is 2.42. The number of hydrogen-bond acceptors (Lipinski definition) is 0. The molecule has 260 valence electrons. The van der Waals surface area contributed by atoms with E-state index >= 15 is 0 Å². The van der Waals surface area contributed by atoms with Gasteiger partial charge in [0.05, 0.1) is 0 Å². The Bertz CT molecular complexity index is 3310. The van der Waals surface area contributed by atoms with Gasteiger partial charge >= 0.3 is 0 Å². The van der Waals surface area contributed by atoms with Crippen molar-refractivity contribution in [3.8, 4) is 55.6 Å². The Balaban J connectivity index is 1.19. The first-order valence-electron chi connectivity index (χ1n) is 19.4. The van der Waals surface area contributed by atoms with Crippen molar-refractivity contribution >= 4 is 53.9 Å². The van der Waals surface area contributed by atoms with E-state index < -0.39 is 0 Å². The molecule has 0 amide bonds. The Morgan fingerprint density at radius 1 is 0.161 bits per heavy atom. The Morgan fingerprint density at radius 2 is 0.464 bits per heavy atom. The van der Waals surface area contributed by atoms with Crippen molar-refractivity contribution in [3.05, 3.63) is 218 Å². The second kappa shape index (κ2) is 13.2. The van der Waals surface area contributed by atoms with Crippen molar-refractivity contribution < 1.29 is 0 Å². The lowest BCUT2D eigenvalue weighted by Crippen LogP contribution is -1.92. The van der Waals surface area contributed by atoms with Gasteiger partial charge < -0.3 is 0 Å². The van der Waals surface area contributed by atoms with E-state index in [4.69, 9.17) is 0 Å². The summed E-state index contributed by atoms with van der Waals surface area (Å²) in [5.41, 5.74) is 12.1. The van der Waals surface area contributed by atoms with Crippen molar-refractivity contribution in [2.24, 2.45) is 0 Å². The molecule has 56 heavy (non-hydrogen) atoms. The summed E-state index contributed by atoms with van der Waals surface area (Å²) in [6.07, 6.45) is 0. The molecule has 11 aromatic carbocycles. The summed E-state index contributed by atoms with van der Waals surface area (Å²) in [5, 5.41) is 12.4. The first kappa shape index (κ1) is 32.2. The van der Waals surface area contributed by atoms with E-state index in [1.165, 1.54) is 109 Å². The van der Waals surface area contributed by atoms with E-state index in [9.17, 15) is 0 Å². The molecule has 0 aliphatic heterocycles. The zero-order valence-electron chi connectivity index (χ0n) is 30.8. The Morgan fingerprint density at radius 3 is 0.875 bits per heavy atom. The number of fused-ring (bicyclic) bond motifs is 5. The molecule has 0 saturated carbocycles. The highest BCUT2D eigenvalue weighted by Gasteiger charge is 2.17. The Hall–Kier alpha value is -7.28. The molecule has 0 aliphatic carbocycles. The predicted octanol–water partition coefficient (Wildman–Crippen LogP) is 15.8. The van der Waals surface area contributed by atoms with Crippen LogP contribution in [-0.4, -0.2) is 0 Å². The van der Waals surface area contributed by atoms with Gasteiger partial charge in [-0.2, -0.15) is 0 Å². The minimum absolute atomic E-state index is 1.20. The fourth-order valence-electron chi connectivity index (χ4n) is 8.60. The van der Waals surface area contributed by atoms with Gasteiger partial charge in [-0.25, -0.2) is 0 Å². The first-order chi connectivity index (χ1) is 27.7. The van der Waals surface area contributed by atoms with Gasteiger partial charge in [-0.1, -0.05) is 164 Å². The molecule has 0 saturated heterocycles. The topological polar surface area (TPSA) is 0 Å². The second-order valence-electron chi connectivity index (χ2n) is 15.0. The zero-order chi connectivity index (χ0) is 37.0. The fourth-order valence-corrected chi connectivity index (χ4v) is 8.60. The van der Waals surface area contributed by atoms with Crippen molar-refractivity contribution in [2.75, 3.05) is 0 Å². The molecule has 0 aliphatic rings. The average molecular weight is 709 g/mol. The van der Waals surface area contributed by atoms with Gasteiger partial charge in [0.25, 0.3) is 0 Å². The first-order valence-corrected chi connectivity index (χ1v) is 19.4. The van der Waals surface area contributed by atoms with Gasteiger partial charge in [-0.05, 0) is 164 Å². The molecule has 0 unspecified atom stereocenters. The quantitative estimate of drug-likeness (QED) is 0.167. The van der Waals surface area contributed by atoms with Crippen LogP contribution in [0.5, 0.6) is 0 Å². The van der Waals surface area contributed by atoms with Gasteiger partial charge in [0.1, 0.15) is 0 Å². The van der Waals surface area contributed by atoms with Crippen LogP contribution in [-0.2, 0) is 0 Å². The van der Waals surface area contributed by atoms with Gasteiger partial charge in [-0.3, -0.25) is 0 Å². The summed E-state index contributed by atoms with van der Waals surface area (Å²) in [6.45, 7) is 0. The zero-order valence-corrected chi connectivity index (χ0v) is 30.8. The van der Waals surface area contributed by atoms with Crippen molar-refractivity contribution in [1.29, 1.82) is 0 Å². The van der Waals surface area contributed by atoms with Crippen LogP contribution in [0.1, 0.15) is 0 Å². The summed E-state index contributed by atoms with van der Waals surface area (Å²) < 4.78 is 0. The van der Waals surface area contributed by atoms with E-state index in [0.717, 1.165) is 0 Å². The van der Waals surface area contributed by atoms with Crippen LogP contribution in [0.25, 0.3) is 109 Å². The van der Waals surface area contributed by atoms with Crippen LogP contribution in [0.3, 0.4) is 0 Å². The van der Waals surface area contributed by atoms with Crippen molar-refractivity contribution in [1.82, 2.24) is 0 Å². The molecule has 0 fully saturated rings. The van der Waals surface area contributed by atoms with Crippen molar-refractivity contribution in [3.63, 3.8) is 0 Å². The Labute approximate surface area is 326 Å². The lowest BCUT2D eigenvalue weighted by molar-refractivity contribution is 1.60. The van der Waals surface area contributed by atoms with Crippen LogP contribution >= 0.6 is 0 Å². The molecule has 0 atom stereocenters. The average Bonchev–Trinajstić information content (AvgIpc) is 3.27. The molecule has 0 N–H and O–H groups in total. The van der Waals surface area contributed by atoms with Crippen LogP contribution in [0.4, 0.5) is 0 Å². The maximum atomic E-state index is 2.42. The van der Waals surface area contributed by atoms with E-state index in [-0.39, 0.29) is 0 Å². The van der Waals surface area contributed by atoms with Crippen molar-refractivity contribution in [2.45, 2.75) is 0 Å². The lowest BCUT2D eigenvalue weighted by atomic mass is 9.85. The van der Waals surface area contributed by atoms with Gasteiger partial charge in [-0.15, -0.1) is 0 Å². The number of rotatable bonds is 5. The molecular weight excluding hydrogens is 673 g/mol. The van der Waals surface area contributed by atoms with Crippen LogP contribution in [0, 0.1) is 0 Å². The SMILES string of the molecule is c1cc(-c2ccc3ccccc3c2)cc(-c2cc(-c3ccc4ccccc4c3)c3cc(-c4ccc5ccccc5c4)cc(-c4ccc5ccccc5c4)c3c2)c1. The number of hydrogen-bond donors (Lipinski definition) is 0. The fraction of sp³-hybridized carbons (Fsp3) is 0. The summed E-state index contributed by atoms with van der Waals surface area (Å²) in [4.78, 5) is 0. The third kappa shape index (κ3) is 5.72. The lowest BCUT2D eigenvalue weighted by Gasteiger charge is -2.18. The van der Waals surface area contributed by atoms with E-state index in [2.05, 4.69) is 218 Å². The van der Waals surface area contributed by atoms with Crippen LogP contribution < -0.4 is 0 Å². The maximum Gasteiger partial charge on any atom is -0.00926 e. The molecule has 0 heteroatoms. The second-order valence-corrected chi connectivity index (χ2v) is 15.0. The molecule has 0 spiro atoms. The summed E-state index contributed by atoms with van der Waals surface area (Å²) >= 11 is 0. The molecule has 11 aromatic rings. The van der Waals surface area contributed by atoms with Gasteiger partial charge in [0.15, 0.2) is 0 Å². The minimum atomic E-state index is 1.20. The van der Waals surface area contributed by atoms with Gasteiger partial charge in [0, 0.05) is 0 Å². The summed E-state index contributed by atoms with van der Waals surface area (Å²) in [6, 6.07) is 80.8. The van der Waals surface area contributed by atoms with E-state index in [1.54, 1.807) is 0 Å². The van der Waals surface area contributed by atoms with Crippen LogP contribution in [0.15, 0.2) is 218 Å². The third-order valence-electron chi connectivity index (χ3n) is 11.6. The van der Waals surface area contributed by atoms with Crippen LogP contribution in [0.2, 0.25) is 0 Å². The molecule has 0 nitrogen and oxygen atoms in total. The molecule has 0 radical (unpaired) electrons. The molecule has 0 heterocycles. The highest BCUT2D eigenvalue weighted by molar-refractivity contribution is 6.10. The highest BCUT2D eigenvalue weighted by Crippen LogP contribution is 2.43. The standard InChI is InChI=1S/C56H36/c1-5-14-41-28-47(24-20-37(41)10-1)45-18-9-19-46(30-45)51-33-53(49-26-22-39-12-3-7-16-43(39)31-49)56-36-52(48-25-21-38-11-2-6-15-42(38)29-48)34-54(55(56)35-51)50-27-23-40-13-4-8-17-44(40)32-50/h1-36H. The largest absolute Gasteiger partial charge is 0.0616 e. The predicted molar refractivity (Wildman–Crippen MR) is 241 cm³/mol. The monoisotopic (exact) mass is 708 g/mol. The molecule has 0 bridgehead atoms. The molecule has 11 rings (SSSR count). The smallest absolute Gasteiger partial charge is 0.00926 e. The summed E-state index contributed by atoms with van der Waals surface area (Å²) in [7, 11) is 0. The van der Waals surface area contributed by atoms with E-state index in [1.807, 2.05) is 0 Å². The van der Waals surface area contributed by atoms with E-state index in [0.29, 0.717) is 0 Å². The minimum Gasteiger partial charge on any atom is -0.0616 e. The molecule has 0 aromatic heterocycles. The number of benzene rings is 11. The normalized spacial score (nSPS) is 11.6. The molecular formula is C56H36.